The molecule has 2 unspecified atom stereocenters. The van der Waals surface area contributed by atoms with Gasteiger partial charge < -0.3 is 10.2 Å². The first-order valence-corrected chi connectivity index (χ1v) is 7.80. The summed E-state index contributed by atoms with van der Waals surface area (Å²) in [5.74, 6) is 7.02. The number of piperidine rings is 1. The van der Waals surface area contributed by atoms with Crippen LogP contribution in [0.2, 0.25) is 0 Å². The van der Waals surface area contributed by atoms with Crippen molar-refractivity contribution in [1.29, 1.82) is 0 Å². The zero-order valence-electron chi connectivity index (χ0n) is 12.7. The molecule has 2 aliphatic rings. The fraction of sp³-hybridized carbons (Fsp3) is 0.263. The van der Waals surface area contributed by atoms with Crippen molar-refractivity contribution in [2.24, 2.45) is 11.3 Å². The van der Waals surface area contributed by atoms with Gasteiger partial charge in [-0.3, -0.25) is 0 Å². The van der Waals surface area contributed by atoms with Crippen LogP contribution in [0.15, 0.2) is 54.7 Å². The number of urea groups is 1. The Morgan fingerprint density at radius 2 is 2.04 bits per heavy atom. The van der Waals surface area contributed by atoms with E-state index >= 15 is 0 Å². The van der Waals surface area contributed by atoms with Gasteiger partial charge in [-0.2, -0.15) is 0 Å². The van der Waals surface area contributed by atoms with Gasteiger partial charge in [0.15, 0.2) is 0 Å². The third-order valence-corrected chi connectivity index (χ3v) is 4.56. The molecule has 1 aliphatic carbocycles. The SMILES string of the molecule is O=C(Nc1ccccc1)N1CC2CC2(C#Cc2ccccn2)C1. The third-order valence-electron chi connectivity index (χ3n) is 4.56. The highest BCUT2D eigenvalue weighted by Crippen LogP contribution is 2.57. The van der Waals surface area contributed by atoms with Gasteiger partial charge >= 0.3 is 6.03 Å². The normalized spacial score (nSPS) is 24.3. The first-order valence-electron chi connectivity index (χ1n) is 7.80. The first-order chi connectivity index (χ1) is 11.3. The van der Waals surface area contributed by atoms with Gasteiger partial charge in [0.05, 0.1) is 5.41 Å². The predicted molar refractivity (Wildman–Crippen MR) is 88.7 cm³/mol. The van der Waals surface area contributed by atoms with E-state index in [-0.39, 0.29) is 11.4 Å². The Balaban J connectivity index is 1.42. The molecule has 2 aromatic rings. The number of amides is 2. The number of nitrogens with zero attached hydrogens (tertiary/aromatic N) is 2. The maximum atomic E-state index is 12.4. The third kappa shape index (κ3) is 2.78. The summed E-state index contributed by atoms with van der Waals surface area (Å²) in [6, 6.07) is 15.2. The minimum absolute atomic E-state index is 0.0223. The summed E-state index contributed by atoms with van der Waals surface area (Å²) in [6.07, 6.45) is 2.84. The Morgan fingerprint density at radius 1 is 1.22 bits per heavy atom. The van der Waals surface area contributed by atoms with E-state index in [2.05, 4.69) is 22.1 Å². The summed E-state index contributed by atoms with van der Waals surface area (Å²) < 4.78 is 0. The van der Waals surface area contributed by atoms with Crippen molar-refractivity contribution >= 4 is 11.7 Å². The lowest BCUT2D eigenvalue weighted by atomic mass is 10.1. The number of aromatic nitrogens is 1. The molecular formula is C19H17N3O. The zero-order valence-corrected chi connectivity index (χ0v) is 12.7. The molecule has 1 N–H and O–H groups in total. The number of carbonyl (C=O) groups is 1. The number of rotatable bonds is 1. The molecule has 1 aromatic heterocycles. The van der Waals surface area contributed by atoms with Crippen LogP contribution in [-0.2, 0) is 0 Å². The molecule has 1 aromatic carbocycles. The Labute approximate surface area is 135 Å². The Bertz CT molecular complexity index is 779. The van der Waals surface area contributed by atoms with E-state index in [0.717, 1.165) is 24.3 Å². The van der Waals surface area contributed by atoms with Gasteiger partial charge in [0.2, 0.25) is 0 Å². The molecule has 0 spiro atoms. The number of anilines is 1. The van der Waals surface area contributed by atoms with Gasteiger partial charge in [-0.1, -0.05) is 30.2 Å². The summed E-state index contributed by atoms with van der Waals surface area (Å²) in [7, 11) is 0. The average Bonchev–Trinajstić information content (AvgIpc) is 3.15. The molecule has 1 saturated heterocycles. The Kier molecular flexibility index (Phi) is 3.27. The molecule has 4 nitrogen and oxygen atoms in total. The highest BCUT2D eigenvalue weighted by atomic mass is 16.2. The van der Waals surface area contributed by atoms with Gasteiger partial charge in [-0.05, 0) is 42.5 Å². The van der Waals surface area contributed by atoms with Crippen molar-refractivity contribution in [2.75, 3.05) is 18.4 Å². The van der Waals surface area contributed by atoms with Crippen LogP contribution in [0.25, 0.3) is 0 Å². The molecule has 114 valence electrons. The number of carbonyl (C=O) groups excluding carboxylic acids is 1. The van der Waals surface area contributed by atoms with E-state index in [1.165, 1.54) is 0 Å². The Hall–Kier alpha value is -2.80. The lowest BCUT2D eigenvalue weighted by Crippen LogP contribution is -2.35. The number of nitrogens with one attached hydrogen (secondary N) is 1. The van der Waals surface area contributed by atoms with Crippen molar-refractivity contribution < 1.29 is 4.79 Å². The number of pyridine rings is 1. The minimum Gasteiger partial charge on any atom is -0.323 e. The molecule has 23 heavy (non-hydrogen) atoms. The first kappa shape index (κ1) is 13.8. The second-order valence-electron chi connectivity index (χ2n) is 6.20. The number of hydrogen-bond acceptors (Lipinski definition) is 2. The number of fused-ring (bicyclic) bond motifs is 1. The van der Waals surface area contributed by atoms with Gasteiger partial charge in [-0.15, -0.1) is 0 Å². The van der Waals surface area contributed by atoms with Crippen LogP contribution >= 0.6 is 0 Å². The molecule has 0 bridgehead atoms. The van der Waals surface area contributed by atoms with Crippen molar-refractivity contribution in [3.63, 3.8) is 0 Å². The van der Waals surface area contributed by atoms with E-state index < -0.39 is 0 Å². The lowest BCUT2D eigenvalue weighted by Gasteiger charge is -2.19. The van der Waals surface area contributed by atoms with Crippen molar-refractivity contribution in [3.8, 4) is 11.8 Å². The summed E-state index contributed by atoms with van der Waals surface area (Å²) in [5.41, 5.74) is 1.59. The largest absolute Gasteiger partial charge is 0.323 e. The number of benzene rings is 1. The molecule has 2 fully saturated rings. The van der Waals surface area contributed by atoms with Crippen LogP contribution in [0.4, 0.5) is 10.5 Å². The van der Waals surface area contributed by atoms with E-state index in [4.69, 9.17) is 0 Å². The number of hydrogen-bond donors (Lipinski definition) is 1. The summed E-state index contributed by atoms with van der Waals surface area (Å²) >= 11 is 0. The molecule has 1 saturated carbocycles. The van der Waals surface area contributed by atoms with Crippen LogP contribution < -0.4 is 5.32 Å². The van der Waals surface area contributed by atoms with Crippen LogP contribution in [0.3, 0.4) is 0 Å². The number of para-hydroxylation sites is 1. The standard InChI is InChI=1S/C19H17N3O/c23-18(21-17-7-2-1-3-8-17)22-13-15-12-19(15,14-22)10-9-16-6-4-5-11-20-16/h1-8,11,15H,12-14H2,(H,21,23). The Morgan fingerprint density at radius 3 is 2.83 bits per heavy atom. The minimum atomic E-state index is -0.0394. The summed E-state index contributed by atoms with van der Waals surface area (Å²) in [6.45, 7) is 1.49. The maximum Gasteiger partial charge on any atom is 0.321 e. The van der Waals surface area contributed by atoms with E-state index in [1.54, 1.807) is 6.20 Å². The van der Waals surface area contributed by atoms with Gasteiger partial charge in [0.1, 0.15) is 5.69 Å². The molecule has 4 rings (SSSR count). The van der Waals surface area contributed by atoms with Gasteiger partial charge in [-0.25, -0.2) is 9.78 Å². The van der Waals surface area contributed by atoms with Crippen LogP contribution in [0.1, 0.15) is 12.1 Å². The van der Waals surface area contributed by atoms with E-state index in [0.29, 0.717) is 12.5 Å². The molecule has 1 aliphatic heterocycles. The zero-order chi connectivity index (χ0) is 15.7. The van der Waals surface area contributed by atoms with Crippen LogP contribution in [0, 0.1) is 23.2 Å². The second-order valence-corrected chi connectivity index (χ2v) is 6.20. The quantitative estimate of drug-likeness (QED) is 0.823. The highest BCUT2D eigenvalue weighted by molar-refractivity contribution is 5.89. The van der Waals surface area contributed by atoms with Crippen LogP contribution in [-0.4, -0.2) is 29.0 Å². The molecule has 0 radical (unpaired) electrons. The van der Waals surface area contributed by atoms with Gasteiger partial charge in [0, 0.05) is 25.0 Å². The average molecular weight is 303 g/mol. The molecule has 4 heteroatoms. The van der Waals surface area contributed by atoms with Crippen molar-refractivity contribution in [3.05, 3.63) is 60.4 Å². The molecule has 2 amide bonds. The highest BCUT2D eigenvalue weighted by Gasteiger charge is 2.60. The number of likely N-dealkylation sites (tertiary alicyclic amines) is 1. The van der Waals surface area contributed by atoms with Crippen molar-refractivity contribution in [1.82, 2.24) is 9.88 Å². The maximum absolute atomic E-state index is 12.4. The fourth-order valence-corrected chi connectivity index (χ4v) is 3.18. The van der Waals surface area contributed by atoms with Crippen LogP contribution in [0.5, 0.6) is 0 Å². The van der Waals surface area contributed by atoms with Crippen molar-refractivity contribution in [2.45, 2.75) is 6.42 Å². The van der Waals surface area contributed by atoms with E-state index in [1.807, 2.05) is 53.4 Å². The molecular weight excluding hydrogens is 286 g/mol. The second kappa shape index (κ2) is 5.44. The topological polar surface area (TPSA) is 45.2 Å². The molecule has 2 atom stereocenters. The monoisotopic (exact) mass is 303 g/mol. The van der Waals surface area contributed by atoms with E-state index in [9.17, 15) is 4.79 Å². The fourth-order valence-electron chi connectivity index (χ4n) is 3.18. The summed E-state index contributed by atoms with van der Waals surface area (Å²) in [5, 5.41) is 2.94. The predicted octanol–water partition coefficient (Wildman–Crippen LogP) is 2.99. The summed E-state index contributed by atoms with van der Waals surface area (Å²) in [4.78, 5) is 18.5. The van der Waals surface area contributed by atoms with Gasteiger partial charge in [0.25, 0.3) is 0 Å². The molecule has 2 heterocycles. The smallest absolute Gasteiger partial charge is 0.321 e. The lowest BCUT2D eigenvalue weighted by molar-refractivity contribution is 0.216.